The predicted molar refractivity (Wildman–Crippen MR) is 67.5 cm³/mol. The molecule has 1 aromatic rings. The van der Waals surface area contributed by atoms with E-state index in [1.54, 1.807) is 12.1 Å². The molecule has 0 saturated carbocycles. The Kier molecular flexibility index (Phi) is 2.74. The van der Waals surface area contributed by atoms with E-state index in [9.17, 15) is 9.90 Å². The van der Waals surface area contributed by atoms with Crippen molar-refractivity contribution in [1.29, 1.82) is 0 Å². The highest BCUT2D eigenvalue weighted by Crippen LogP contribution is 2.39. The number of rotatable bonds is 2. The molecule has 2 saturated heterocycles. The summed E-state index contributed by atoms with van der Waals surface area (Å²) in [5, 5.41) is 12.6. The van der Waals surface area contributed by atoms with Crippen LogP contribution >= 0.6 is 0 Å². The fourth-order valence-corrected chi connectivity index (χ4v) is 2.94. The Morgan fingerprint density at radius 1 is 1.44 bits per heavy atom. The molecule has 18 heavy (non-hydrogen) atoms. The molecule has 0 radical (unpaired) electrons. The molecule has 2 heterocycles. The molecule has 1 amide bonds. The fraction of sp³-hybridized carbons (Fsp3) is 0.500. The van der Waals surface area contributed by atoms with Crippen LogP contribution in [0.15, 0.2) is 18.2 Å². The van der Waals surface area contributed by atoms with Crippen molar-refractivity contribution < 1.29 is 14.6 Å². The molecule has 2 bridgehead atoms. The number of aryl methyl sites for hydroxylation is 1. The molecule has 4 nitrogen and oxygen atoms in total. The maximum Gasteiger partial charge on any atom is 0.230 e. The second kappa shape index (κ2) is 4.28. The van der Waals surface area contributed by atoms with Gasteiger partial charge in [-0.3, -0.25) is 4.79 Å². The molecule has 0 aromatic heterocycles. The second-order valence-corrected chi connectivity index (χ2v) is 5.17. The lowest BCUT2D eigenvalue weighted by Gasteiger charge is -2.19. The predicted octanol–water partition coefficient (Wildman–Crippen LogP) is 2.21. The van der Waals surface area contributed by atoms with E-state index in [1.165, 1.54) is 0 Å². The molecular formula is C14H17NO3. The summed E-state index contributed by atoms with van der Waals surface area (Å²) in [5.74, 6) is 0.0157. The number of phenols is 1. The van der Waals surface area contributed by atoms with E-state index in [0.717, 1.165) is 24.8 Å². The van der Waals surface area contributed by atoms with E-state index < -0.39 is 0 Å². The largest absolute Gasteiger partial charge is 0.506 e. The molecule has 2 fully saturated rings. The van der Waals surface area contributed by atoms with Crippen LogP contribution in [0.2, 0.25) is 0 Å². The van der Waals surface area contributed by atoms with Gasteiger partial charge in [-0.2, -0.15) is 0 Å². The minimum atomic E-state index is -0.0669. The van der Waals surface area contributed by atoms with Crippen LogP contribution < -0.4 is 5.32 Å². The minimum absolute atomic E-state index is 0.0354. The van der Waals surface area contributed by atoms with E-state index in [4.69, 9.17) is 4.74 Å². The first-order valence-corrected chi connectivity index (χ1v) is 6.40. The molecule has 3 atom stereocenters. The molecule has 2 aliphatic heterocycles. The van der Waals surface area contributed by atoms with Gasteiger partial charge >= 0.3 is 0 Å². The Hall–Kier alpha value is -1.55. The van der Waals surface area contributed by atoms with Gasteiger partial charge in [0.1, 0.15) is 5.75 Å². The standard InChI is InChI=1S/C14H17NO3/c1-8-3-2-4-11(16)13(8)15-14(17)10-7-9-5-6-12(10)18-9/h2-4,9-10,12,16H,5-7H2,1H3,(H,15,17). The number of fused-ring (bicyclic) bond motifs is 2. The van der Waals surface area contributed by atoms with Crippen molar-refractivity contribution in [2.45, 2.75) is 38.4 Å². The molecule has 1 aromatic carbocycles. The van der Waals surface area contributed by atoms with Crippen LogP contribution in [0.4, 0.5) is 5.69 Å². The van der Waals surface area contributed by atoms with Gasteiger partial charge in [0.15, 0.2) is 0 Å². The first kappa shape index (κ1) is 11.5. The minimum Gasteiger partial charge on any atom is -0.506 e. The Bertz CT molecular complexity index is 466. The van der Waals surface area contributed by atoms with Gasteiger partial charge in [-0.05, 0) is 37.8 Å². The van der Waals surface area contributed by atoms with Crippen LogP contribution in [0.5, 0.6) is 5.75 Å². The first-order chi connectivity index (χ1) is 8.65. The molecule has 0 aliphatic carbocycles. The highest BCUT2D eigenvalue weighted by molar-refractivity contribution is 5.95. The van der Waals surface area contributed by atoms with Crippen LogP contribution in [-0.4, -0.2) is 23.2 Å². The first-order valence-electron chi connectivity index (χ1n) is 6.40. The highest BCUT2D eigenvalue weighted by Gasteiger charge is 2.44. The normalized spacial score (nSPS) is 29.5. The van der Waals surface area contributed by atoms with Crippen molar-refractivity contribution in [1.82, 2.24) is 0 Å². The smallest absolute Gasteiger partial charge is 0.230 e. The van der Waals surface area contributed by atoms with Crippen molar-refractivity contribution in [2.24, 2.45) is 5.92 Å². The molecule has 2 aliphatic rings. The van der Waals surface area contributed by atoms with Crippen LogP contribution in [0, 0.1) is 12.8 Å². The summed E-state index contributed by atoms with van der Waals surface area (Å²) >= 11 is 0. The highest BCUT2D eigenvalue weighted by atomic mass is 16.5. The monoisotopic (exact) mass is 247 g/mol. The zero-order chi connectivity index (χ0) is 12.7. The molecule has 2 N–H and O–H groups in total. The van der Waals surface area contributed by atoms with Crippen molar-refractivity contribution in [3.63, 3.8) is 0 Å². The zero-order valence-electron chi connectivity index (χ0n) is 10.3. The number of hydrogen-bond acceptors (Lipinski definition) is 3. The number of amides is 1. The Morgan fingerprint density at radius 2 is 2.28 bits per heavy atom. The molecule has 3 rings (SSSR count). The number of aromatic hydroxyl groups is 1. The lowest BCUT2D eigenvalue weighted by Crippen LogP contribution is -2.30. The van der Waals surface area contributed by atoms with Crippen LogP contribution in [0.25, 0.3) is 0 Å². The topological polar surface area (TPSA) is 58.6 Å². The van der Waals surface area contributed by atoms with Gasteiger partial charge in [0, 0.05) is 0 Å². The summed E-state index contributed by atoms with van der Waals surface area (Å²) in [4.78, 5) is 12.2. The quantitative estimate of drug-likeness (QED) is 0.788. The molecular weight excluding hydrogens is 230 g/mol. The average molecular weight is 247 g/mol. The Morgan fingerprint density at radius 3 is 2.89 bits per heavy atom. The van der Waals surface area contributed by atoms with Gasteiger partial charge in [-0.1, -0.05) is 12.1 Å². The van der Waals surface area contributed by atoms with Gasteiger partial charge < -0.3 is 15.2 Å². The molecule has 3 unspecified atom stereocenters. The maximum atomic E-state index is 12.2. The number of benzene rings is 1. The van der Waals surface area contributed by atoms with E-state index in [-0.39, 0.29) is 29.8 Å². The Balaban J connectivity index is 1.75. The summed E-state index contributed by atoms with van der Waals surface area (Å²) in [6.45, 7) is 1.87. The van der Waals surface area contributed by atoms with E-state index in [2.05, 4.69) is 5.32 Å². The number of ether oxygens (including phenoxy) is 1. The molecule has 0 spiro atoms. The third kappa shape index (κ3) is 1.86. The lowest BCUT2D eigenvalue weighted by molar-refractivity contribution is -0.121. The number of carbonyl (C=O) groups is 1. The van der Waals surface area contributed by atoms with Gasteiger partial charge in [0.25, 0.3) is 0 Å². The van der Waals surface area contributed by atoms with E-state index in [0.29, 0.717) is 5.69 Å². The van der Waals surface area contributed by atoms with Gasteiger partial charge in [-0.25, -0.2) is 0 Å². The Labute approximate surface area is 106 Å². The van der Waals surface area contributed by atoms with Crippen LogP contribution in [-0.2, 0) is 9.53 Å². The third-order valence-corrected chi connectivity index (χ3v) is 3.94. The van der Waals surface area contributed by atoms with Gasteiger partial charge in [-0.15, -0.1) is 0 Å². The van der Waals surface area contributed by atoms with Gasteiger partial charge in [0.2, 0.25) is 5.91 Å². The average Bonchev–Trinajstić information content (AvgIpc) is 2.96. The zero-order valence-corrected chi connectivity index (χ0v) is 10.3. The number of phenolic OH excluding ortho intramolecular Hbond substituents is 1. The number of anilines is 1. The summed E-state index contributed by atoms with van der Waals surface area (Å²) in [6.07, 6.45) is 3.19. The van der Waals surface area contributed by atoms with Crippen molar-refractivity contribution in [2.75, 3.05) is 5.32 Å². The van der Waals surface area contributed by atoms with Crippen molar-refractivity contribution >= 4 is 11.6 Å². The summed E-state index contributed by atoms with van der Waals surface area (Å²) in [6, 6.07) is 5.22. The number of para-hydroxylation sites is 1. The molecule has 96 valence electrons. The summed E-state index contributed by atoms with van der Waals surface area (Å²) < 4.78 is 5.68. The SMILES string of the molecule is Cc1cccc(O)c1NC(=O)C1CC2CCC1O2. The number of hydrogen-bond donors (Lipinski definition) is 2. The van der Waals surface area contributed by atoms with E-state index in [1.807, 2.05) is 13.0 Å². The summed E-state index contributed by atoms with van der Waals surface area (Å²) in [7, 11) is 0. The van der Waals surface area contributed by atoms with Gasteiger partial charge in [0.05, 0.1) is 23.8 Å². The third-order valence-electron chi connectivity index (χ3n) is 3.94. The van der Waals surface area contributed by atoms with Crippen molar-refractivity contribution in [3.8, 4) is 5.75 Å². The van der Waals surface area contributed by atoms with E-state index >= 15 is 0 Å². The lowest BCUT2D eigenvalue weighted by atomic mass is 9.88. The second-order valence-electron chi connectivity index (χ2n) is 5.17. The number of nitrogens with one attached hydrogen (secondary N) is 1. The summed E-state index contributed by atoms with van der Waals surface area (Å²) in [5.41, 5.74) is 1.39. The number of carbonyl (C=O) groups excluding carboxylic acids is 1. The fourth-order valence-electron chi connectivity index (χ4n) is 2.94. The molecule has 4 heteroatoms. The van der Waals surface area contributed by atoms with Crippen LogP contribution in [0.1, 0.15) is 24.8 Å². The van der Waals surface area contributed by atoms with Crippen LogP contribution in [0.3, 0.4) is 0 Å². The maximum absolute atomic E-state index is 12.2. The van der Waals surface area contributed by atoms with Crippen molar-refractivity contribution in [3.05, 3.63) is 23.8 Å².